The van der Waals surface area contributed by atoms with E-state index in [0.29, 0.717) is 12.1 Å². The lowest BCUT2D eigenvalue weighted by Gasteiger charge is -2.26. The molecule has 0 unspecified atom stereocenters. The van der Waals surface area contributed by atoms with E-state index in [9.17, 15) is 8.42 Å². The lowest BCUT2D eigenvalue weighted by atomic mass is 9.96. The largest absolute Gasteiger partial charge is 0.389 e. The monoisotopic (exact) mass is 328 g/mol. The van der Waals surface area contributed by atoms with Gasteiger partial charge in [-0.25, -0.2) is 8.42 Å². The molecule has 0 aliphatic heterocycles. The van der Waals surface area contributed by atoms with E-state index in [2.05, 4.69) is 20.8 Å². The van der Waals surface area contributed by atoms with Gasteiger partial charge in [0.05, 0.1) is 10.6 Å². The van der Waals surface area contributed by atoms with Crippen LogP contribution in [0.2, 0.25) is 0 Å². The molecule has 21 heavy (non-hydrogen) atoms. The minimum atomic E-state index is -3.32. The Hall–Kier alpha value is -0.980. The van der Waals surface area contributed by atoms with Crippen molar-refractivity contribution in [2.75, 3.05) is 25.9 Å². The Kier molecular flexibility index (Phi) is 5.90. The van der Waals surface area contributed by atoms with Crippen molar-refractivity contribution in [3.05, 3.63) is 29.8 Å². The van der Waals surface area contributed by atoms with Gasteiger partial charge in [-0.2, -0.15) is 0 Å². The molecule has 2 N–H and O–H groups in total. The van der Waals surface area contributed by atoms with Gasteiger partial charge in [0.2, 0.25) is 0 Å². The van der Waals surface area contributed by atoms with Gasteiger partial charge in [0, 0.05) is 18.7 Å². The second kappa shape index (κ2) is 6.85. The highest BCUT2D eigenvalue weighted by molar-refractivity contribution is 7.91. The Morgan fingerprint density at radius 2 is 1.95 bits per heavy atom. The smallest absolute Gasteiger partial charge is 0.179 e. The van der Waals surface area contributed by atoms with Crippen molar-refractivity contribution in [3.63, 3.8) is 0 Å². The minimum absolute atomic E-state index is 0.0837. The van der Waals surface area contributed by atoms with Crippen LogP contribution in [0.1, 0.15) is 26.3 Å². The van der Waals surface area contributed by atoms with Crippen LogP contribution >= 0.6 is 12.2 Å². The molecular weight excluding hydrogens is 304 g/mol. The van der Waals surface area contributed by atoms with E-state index in [-0.39, 0.29) is 21.1 Å². The van der Waals surface area contributed by atoms with E-state index in [1.54, 1.807) is 24.3 Å². The Bertz CT molecular complexity index is 604. The first-order chi connectivity index (χ1) is 9.51. The van der Waals surface area contributed by atoms with Crippen molar-refractivity contribution in [2.24, 2.45) is 11.1 Å². The van der Waals surface area contributed by atoms with E-state index in [4.69, 9.17) is 18.0 Å². The first kappa shape index (κ1) is 18.1. The van der Waals surface area contributed by atoms with Crippen molar-refractivity contribution in [3.8, 4) is 0 Å². The maximum Gasteiger partial charge on any atom is 0.179 e. The number of hydrogen-bond acceptors (Lipinski definition) is 4. The Balaban J connectivity index is 2.78. The minimum Gasteiger partial charge on any atom is -0.389 e. The van der Waals surface area contributed by atoms with Crippen LogP contribution in [0.5, 0.6) is 0 Å². The number of rotatable bonds is 6. The van der Waals surface area contributed by atoms with Crippen LogP contribution in [0, 0.1) is 5.41 Å². The van der Waals surface area contributed by atoms with E-state index < -0.39 is 9.84 Å². The van der Waals surface area contributed by atoms with Gasteiger partial charge >= 0.3 is 0 Å². The van der Waals surface area contributed by atoms with E-state index in [0.717, 1.165) is 6.54 Å². The highest BCUT2D eigenvalue weighted by Gasteiger charge is 2.18. The van der Waals surface area contributed by atoms with E-state index >= 15 is 0 Å². The molecule has 0 fully saturated rings. The van der Waals surface area contributed by atoms with Crippen LogP contribution in [-0.4, -0.2) is 44.2 Å². The summed E-state index contributed by atoms with van der Waals surface area (Å²) in [4.78, 5) is 2.52. The van der Waals surface area contributed by atoms with E-state index in [1.165, 1.54) is 0 Å². The van der Waals surface area contributed by atoms with Crippen molar-refractivity contribution in [1.29, 1.82) is 0 Å². The molecule has 0 aliphatic rings. The summed E-state index contributed by atoms with van der Waals surface area (Å²) in [5, 5.41) is 0. The SMILES string of the molecule is CN(CCS(=O)(=O)c1cccc(C(N)=S)c1)CC(C)(C)C. The van der Waals surface area contributed by atoms with Crippen molar-refractivity contribution in [1.82, 2.24) is 4.90 Å². The summed E-state index contributed by atoms with van der Waals surface area (Å²) < 4.78 is 24.7. The molecule has 0 amide bonds. The molecular formula is C15H24N2O2S2. The summed E-state index contributed by atoms with van der Waals surface area (Å²) in [7, 11) is -1.39. The van der Waals surface area contributed by atoms with Crippen molar-refractivity contribution >= 4 is 27.0 Å². The molecule has 0 heterocycles. The van der Waals surface area contributed by atoms with Crippen LogP contribution in [0.4, 0.5) is 0 Å². The predicted molar refractivity (Wildman–Crippen MR) is 91.3 cm³/mol. The number of nitrogens with zero attached hydrogens (tertiary/aromatic N) is 1. The van der Waals surface area contributed by atoms with Crippen LogP contribution in [0.25, 0.3) is 0 Å². The molecule has 0 atom stereocenters. The highest BCUT2D eigenvalue weighted by atomic mass is 32.2. The summed E-state index contributed by atoms with van der Waals surface area (Å²) in [6.07, 6.45) is 0. The van der Waals surface area contributed by atoms with Crippen molar-refractivity contribution in [2.45, 2.75) is 25.7 Å². The normalized spacial score (nSPS) is 12.6. The molecule has 0 saturated carbocycles. The van der Waals surface area contributed by atoms with Gasteiger partial charge in [-0.1, -0.05) is 45.1 Å². The number of hydrogen-bond donors (Lipinski definition) is 1. The number of sulfone groups is 1. The zero-order chi connectivity index (χ0) is 16.3. The predicted octanol–water partition coefficient (Wildman–Crippen LogP) is 2.07. The second-order valence-corrected chi connectivity index (χ2v) is 9.06. The van der Waals surface area contributed by atoms with Crippen LogP contribution in [-0.2, 0) is 9.84 Å². The molecule has 1 aromatic carbocycles. The molecule has 4 nitrogen and oxygen atoms in total. The maximum absolute atomic E-state index is 12.4. The molecule has 1 rings (SSSR count). The Labute approximate surface area is 133 Å². The Morgan fingerprint density at radius 3 is 2.48 bits per heavy atom. The lowest BCUT2D eigenvalue weighted by molar-refractivity contribution is 0.236. The van der Waals surface area contributed by atoms with Gasteiger partial charge in [0.25, 0.3) is 0 Å². The third-order valence-corrected chi connectivity index (χ3v) is 4.89. The van der Waals surface area contributed by atoms with Crippen LogP contribution < -0.4 is 5.73 Å². The summed E-state index contributed by atoms with van der Waals surface area (Å²) in [6.45, 7) is 7.73. The average molecular weight is 329 g/mol. The highest BCUT2D eigenvalue weighted by Crippen LogP contribution is 2.16. The quantitative estimate of drug-likeness (QED) is 0.810. The van der Waals surface area contributed by atoms with Gasteiger partial charge in [-0.15, -0.1) is 0 Å². The summed E-state index contributed by atoms with van der Waals surface area (Å²) in [5.74, 6) is 0.0837. The molecule has 1 aromatic rings. The number of thiocarbonyl (C=S) groups is 1. The molecule has 0 radical (unpaired) electrons. The summed E-state index contributed by atoms with van der Waals surface area (Å²) >= 11 is 4.89. The van der Waals surface area contributed by atoms with Gasteiger partial charge in [0.15, 0.2) is 9.84 Å². The number of nitrogens with two attached hydrogens (primary N) is 1. The fourth-order valence-corrected chi connectivity index (χ4v) is 3.63. The van der Waals surface area contributed by atoms with Crippen LogP contribution in [0.3, 0.4) is 0 Å². The maximum atomic E-state index is 12.4. The van der Waals surface area contributed by atoms with Gasteiger partial charge in [-0.05, 0) is 24.6 Å². The fourth-order valence-electron chi connectivity index (χ4n) is 2.13. The summed E-state index contributed by atoms with van der Waals surface area (Å²) in [5.41, 5.74) is 6.27. The summed E-state index contributed by atoms with van der Waals surface area (Å²) in [6, 6.07) is 6.51. The van der Waals surface area contributed by atoms with Crippen LogP contribution in [0.15, 0.2) is 29.2 Å². The third kappa shape index (κ3) is 6.11. The third-order valence-electron chi connectivity index (χ3n) is 2.96. The van der Waals surface area contributed by atoms with E-state index in [1.807, 2.05) is 11.9 Å². The lowest BCUT2D eigenvalue weighted by Crippen LogP contribution is -2.33. The van der Waals surface area contributed by atoms with Crippen molar-refractivity contribution < 1.29 is 8.42 Å². The first-order valence-electron chi connectivity index (χ1n) is 6.82. The molecule has 0 aliphatic carbocycles. The molecule has 0 spiro atoms. The molecule has 0 aromatic heterocycles. The molecule has 0 saturated heterocycles. The van der Waals surface area contributed by atoms with Gasteiger partial charge < -0.3 is 10.6 Å². The van der Waals surface area contributed by atoms with Gasteiger partial charge in [-0.3, -0.25) is 0 Å². The molecule has 0 bridgehead atoms. The zero-order valence-corrected chi connectivity index (χ0v) is 14.7. The Morgan fingerprint density at radius 1 is 1.33 bits per heavy atom. The molecule has 6 heteroatoms. The topological polar surface area (TPSA) is 63.4 Å². The first-order valence-corrected chi connectivity index (χ1v) is 8.88. The fraction of sp³-hybridized carbons (Fsp3) is 0.533. The van der Waals surface area contributed by atoms with Gasteiger partial charge in [0.1, 0.15) is 4.99 Å². The average Bonchev–Trinajstić information content (AvgIpc) is 2.35. The zero-order valence-electron chi connectivity index (χ0n) is 13.1. The standard InChI is InChI=1S/C15H24N2O2S2/c1-15(2,3)11-17(4)8-9-21(18,19)13-7-5-6-12(10-13)14(16)20/h5-7,10H,8-9,11H2,1-4H3,(H2,16,20). The number of benzene rings is 1. The molecule has 118 valence electrons. The second-order valence-electron chi connectivity index (χ2n) is 6.51.